The van der Waals surface area contributed by atoms with Gasteiger partial charge in [-0.2, -0.15) is 0 Å². The number of amides is 1. The minimum absolute atomic E-state index is 0.244. The van der Waals surface area contributed by atoms with Gasteiger partial charge < -0.3 is 50.5 Å². The van der Waals surface area contributed by atoms with Crippen LogP contribution >= 0.6 is 0 Å². The Labute approximate surface area is 402 Å². The Bertz CT molecular complexity index is 1210. The molecular formula is C55H101NO10. The average Bonchev–Trinajstić information content (AvgIpc) is 3.32. The first-order valence-electron chi connectivity index (χ1n) is 27.0. The van der Waals surface area contributed by atoms with Crippen LogP contribution in [0.15, 0.2) is 48.6 Å². The SMILES string of the molecule is CCCCCC/C=C/CC/C=C/CCCC(O)C(O)C(COC1OC(CO)C(O)C(O)C1O)NC(=O)C(O)CCCCCCCCCCCC/C=C\C/C=C\CCCCCCCCCCC. The largest absolute Gasteiger partial charge is 0.394 e. The van der Waals surface area contributed by atoms with Gasteiger partial charge >= 0.3 is 0 Å². The lowest BCUT2D eigenvalue weighted by Crippen LogP contribution is -2.60. The van der Waals surface area contributed by atoms with E-state index in [0.29, 0.717) is 19.3 Å². The molecular weight excluding hydrogens is 835 g/mol. The van der Waals surface area contributed by atoms with Crippen LogP contribution < -0.4 is 5.32 Å². The van der Waals surface area contributed by atoms with Gasteiger partial charge in [-0.3, -0.25) is 4.79 Å². The van der Waals surface area contributed by atoms with Crippen LogP contribution in [0.3, 0.4) is 0 Å². The summed E-state index contributed by atoms with van der Waals surface area (Å²) in [4.78, 5) is 13.1. The maximum atomic E-state index is 13.1. The van der Waals surface area contributed by atoms with E-state index in [-0.39, 0.29) is 12.8 Å². The molecule has 1 amide bonds. The number of rotatable bonds is 45. The predicted molar refractivity (Wildman–Crippen MR) is 270 cm³/mol. The van der Waals surface area contributed by atoms with Crippen LogP contribution in [0.2, 0.25) is 0 Å². The van der Waals surface area contributed by atoms with Crippen molar-refractivity contribution >= 4 is 5.91 Å². The van der Waals surface area contributed by atoms with Gasteiger partial charge in [-0.1, -0.05) is 191 Å². The predicted octanol–water partition coefficient (Wildman–Crippen LogP) is 10.5. The molecule has 0 bridgehead atoms. The normalized spacial score (nSPS) is 21.1. The highest BCUT2D eigenvalue weighted by molar-refractivity contribution is 5.80. The van der Waals surface area contributed by atoms with Crippen LogP contribution in [0.4, 0.5) is 0 Å². The van der Waals surface area contributed by atoms with Gasteiger partial charge in [-0.05, 0) is 83.5 Å². The highest BCUT2D eigenvalue weighted by Gasteiger charge is 2.44. The lowest BCUT2D eigenvalue weighted by molar-refractivity contribution is -0.303. The first kappa shape index (κ1) is 62.1. The van der Waals surface area contributed by atoms with E-state index in [1.165, 1.54) is 128 Å². The molecule has 1 rings (SSSR count). The minimum atomic E-state index is -1.67. The van der Waals surface area contributed by atoms with E-state index in [0.717, 1.165) is 51.4 Å². The van der Waals surface area contributed by atoms with Gasteiger partial charge in [0.05, 0.1) is 25.4 Å². The van der Waals surface area contributed by atoms with E-state index in [1.807, 2.05) is 0 Å². The second kappa shape index (κ2) is 44.3. The third-order valence-corrected chi connectivity index (χ3v) is 12.8. The fourth-order valence-corrected chi connectivity index (χ4v) is 8.37. The highest BCUT2D eigenvalue weighted by Crippen LogP contribution is 2.23. The number of aliphatic hydroxyl groups excluding tert-OH is 7. The van der Waals surface area contributed by atoms with Crippen molar-refractivity contribution in [3.63, 3.8) is 0 Å². The number of aliphatic hydroxyl groups is 7. The van der Waals surface area contributed by atoms with Gasteiger partial charge in [0.15, 0.2) is 6.29 Å². The zero-order chi connectivity index (χ0) is 48.3. The van der Waals surface area contributed by atoms with E-state index in [4.69, 9.17) is 9.47 Å². The van der Waals surface area contributed by atoms with E-state index < -0.39 is 74.2 Å². The summed E-state index contributed by atoms with van der Waals surface area (Å²) in [6.07, 6.45) is 43.1. The molecule has 0 aliphatic carbocycles. The van der Waals surface area contributed by atoms with E-state index in [1.54, 1.807) is 0 Å². The van der Waals surface area contributed by atoms with Crippen molar-refractivity contribution in [3.8, 4) is 0 Å². The molecule has 11 nitrogen and oxygen atoms in total. The molecule has 0 aromatic rings. The smallest absolute Gasteiger partial charge is 0.249 e. The van der Waals surface area contributed by atoms with Crippen molar-refractivity contribution in [1.82, 2.24) is 5.32 Å². The van der Waals surface area contributed by atoms with Gasteiger partial charge in [0.25, 0.3) is 0 Å². The fourth-order valence-electron chi connectivity index (χ4n) is 8.37. The average molecular weight is 936 g/mol. The Balaban J connectivity index is 2.32. The Hall–Kier alpha value is -1.93. The fraction of sp³-hybridized carbons (Fsp3) is 0.836. The van der Waals surface area contributed by atoms with Gasteiger partial charge in [-0.25, -0.2) is 0 Å². The molecule has 0 spiro atoms. The molecule has 1 saturated heterocycles. The molecule has 66 heavy (non-hydrogen) atoms. The Kier molecular flexibility index (Phi) is 41.7. The molecule has 11 heteroatoms. The van der Waals surface area contributed by atoms with Crippen molar-refractivity contribution in [2.75, 3.05) is 13.2 Å². The molecule has 1 aliphatic heterocycles. The monoisotopic (exact) mass is 936 g/mol. The summed E-state index contributed by atoms with van der Waals surface area (Å²) in [5, 5.41) is 75.8. The first-order chi connectivity index (χ1) is 32.2. The first-order valence-corrected chi connectivity index (χ1v) is 27.0. The summed E-state index contributed by atoms with van der Waals surface area (Å²) >= 11 is 0. The van der Waals surface area contributed by atoms with Crippen molar-refractivity contribution < 1.29 is 50.0 Å². The minimum Gasteiger partial charge on any atom is -0.394 e. The highest BCUT2D eigenvalue weighted by atomic mass is 16.7. The number of unbranched alkanes of at least 4 members (excludes halogenated alkanes) is 25. The van der Waals surface area contributed by atoms with Crippen molar-refractivity contribution in [1.29, 1.82) is 0 Å². The quantitative estimate of drug-likeness (QED) is 0.0216. The van der Waals surface area contributed by atoms with Crippen molar-refractivity contribution in [3.05, 3.63) is 48.6 Å². The summed E-state index contributed by atoms with van der Waals surface area (Å²) < 4.78 is 11.1. The third-order valence-electron chi connectivity index (χ3n) is 12.8. The Morgan fingerprint density at radius 2 is 0.955 bits per heavy atom. The molecule has 8 N–H and O–H groups in total. The van der Waals surface area contributed by atoms with Crippen LogP contribution in [0.25, 0.3) is 0 Å². The maximum Gasteiger partial charge on any atom is 0.249 e. The molecule has 0 radical (unpaired) electrons. The second-order valence-electron chi connectivity index (χ2n) is 18.9. The summed E-state index contributed by atoms with van der Waals surface area (Å²) in [6.45, 7) is 3.40. The molecule has 386 valence electrons. The van der Waals surface area contributed by atoms with Gasteiger partial charge in [0.1, 0.15) is 36.6 Å². The van der Waals surface area contributed by atoms with E-state index in [9.17, 15) is 40.5 Å². The van der Waals surface area contributed by atoms with Crippen molar-refractivity contribution in [2.24, 2.45) is 0 Å². The van der Waals surface area contributed by atoms with Crippen LogP contribution in [0.1, 0.15) is 226 Å². The molecule has 0 aromatic heterocycles. The van der Waals surface area contributed by atoms with E-state index >= 15 is 0 Å². The van der Waals surface area contributed by atoms with Gasteiger partial charge in [-0.15, -0.1) is 0 Å². The third kappa shape index (κ3) is 32.8. The lowest BCUT2D eigenvalue weighted by Gasteiger charge is -2.40. The number of hydrogen-bond donors (Lipinski definition) is 8. The van der Waals surface area contributed by atoms with Crippen LogP contribution in [-0.2, 0) is 14.3 Å². The number of carbonyl (C=O) groups excluding carboxylic acids is 1. The molecule has 1 aliphatic rings. The van der Waals surface area contributed by atoms with Crippen LogP contribution in [0.5, 0.6) is 0 Å². The van der Waals surface area contributed by atoms with Crippen molar-refractivity contribution in [2.45, 2.75) is 281 Å². The summed E-state index contributed by atoms with van der Waals surface area (Å²) in [7, 11) is 0. The summed E-state index contributed by atoms with van der Waals surface area (Å²) in [6, 6.07) is -1.19. The number of carbonyl (C=O) groups is 1. The maximum absolute atomic E-state index is 13.1. The number of allylic oxidation sites excluding steroid dienone is 8. The molecule has 9 atom stereocenters. The number of ether oxygens (including phenoxy) is 2. The zero-order valence-electron chi connectivity index (χ0n) is 41.9. The van der Waals surface area contributed by atoms with E-state index in [2.05, 4.69) is 67.8 Å². The van der Waals surface area contributed by atoms with Crippen LogP contribution in [-0.4, -0.2) is 110 Å². The zero-order valence-corrected chi connectivity index (χ0v) is 41.9. The number of nitrogens with one attached hydrogen (secondary N) is 1. The Morgan fingerprint density at radius 1 is 0.530 bits per heavy atom. The topological polar surface area (TPSA) is 189 Å². The number of hydrogen-bond acceptors (Lipinski definition) is 10. The molecule has 1 heterocycles. The Morgan fingerprint density at radius 3 is 1.45 bits per heavy atom. The second-order valence-corrected chi connectivity index (χ2v) is 18.9. The van der Waals surface area contributed by atoms with Gasteiger partial charge in [0.2, 0.25) is 5.91 Å². The summed E-state index contributed by atoms with van der Waals surface area (Å²) in [5.41, 5.74) is 0. The lowest BCUT2D eigenvalue weighted by atomic mass is 9.98. The standard InChI is InChI=1S/C55H101NO10/c1-3-5-7-9-11-13-15-17-18-19-20-21-22-23-24-25-26-27-28-29-31-33-35-37-39-41-43-48(59)54(64)56-46(45-65-55-53(63)52(62)51(61)49(44-57)66-55)50(60)47(58)42-40-38-36-34-32-30-16-14-12-10-8-6-4-2/h14,16,20-21,23-24,34,36,46-53,55,57-63H,3-13,15,17-19,22,25-33,35,37-45H2,1-2H3,(H,56,64)/b16-14+,21-20-,24-23-,36-34+. The molecule has 0 saturated carbocycles. The molecule has 1 fully saturated rings. The molecule has 9 unspecified atom stereocenters. The molecule has 0 aromatic carbocycles. The van der Waals surface area contributed by atoms with Gasteiger partial charge in [0, 0.05) is 0 Å². The van der Waals surface area contributed by atoms with Crippen LogP contribution in [0, 0.1) is 0 Å². The summed E-state index contributed by atoms with van der Waals surface area (Å²) in [5.74, 6) is -0.714.